The van der Waals surface area contributed by atoms with Crippen LogP contribution in [0.2, 0.25) is 0 Å². The van der Waals surface area contributed by atoms with Gasteiger partial charge in [0, 0.05) is 0 Å². The highest BCUT2D eigenvalue weighted by atomic mass is 79.9. The third-order valence-corrected chi connectivity index (χ3v) is 5.49. The Balaban J connectivity index is 0.000000545. The first-order chi connectivity index (χ1) is 10.9. The van der Waals surface area contributed by atoms with Crippen LogP contribution in [0, 0.1) is 0 Å². The van der Waals surface area contributed by atoms with E-state index < -0.39 is 7.92 Å². The third-order valence-electron chi connectivity index (χ3n) is 3.04. The van der Waals surface area contributed by atoms with E-state index in [-0.39, 0.29) is 0 Å². The molecule has 0 aliphatic rings. The number of alkyl halides is 2. The summed E-state index contributed by atoms with van der Waals surface area (Å²) in [5.41, 5.74) is 0. The largest absolute Gasteiger partial charge is 0.114 e. The first kappa shape index (κ1) is 17.2. The Bertz CT molecular complexity index is 550. The van der Waals surface area contributed by atoms with Crippen LogP contribution in [0.4, 0.5) is 0 Å². The van der Waals surface area contributed by atoms with E-state index in [9.17, 15) is 0 Å². The zero-order valence-corrected chi connectivity index (χ0v) is 15.3. The van der Waals surface area contributed by atoms with Gasteiger partial charge in [-0.3, -0.25) is 0 Å². The molecular weight excluding hydrogens is 375 g/mol. The maximum Gasteiger partial charge on any atom is 0.0778 e. The summed E-state index contributed by atoms with van der Waals surface area (Å²) >= 11 is 7.83. The molecule has 3 rings (SSSR count). The van der Waals surface area contributed by atoms with Crippen LogP contribution in [-0.4, -0.2) is 4.79 Å². The summed E-state index contributed by atoms with van der Waals surface area (Å²) < 4.78 is 0. The maximum atomic E-state index is 4.92. The molecule has 0 spiro atoms. The summed E-state index contributed by atoms with van der Waals surface area (Å²) in [4.78, 5) is 0.535. The van der Waals surface area contributed by atoms with Gasteiger partial charge >= 0.3 is 0 Å². The summed E-state index contributed by atoms with van der Waals surface area (Å²) in [6.07, 6.45) is 0. The minimum absolute atomic E-state index is 0.446. The molecule has 3 heteroatoms. The quantitative estimate of drug-likeness (QED) is 0.434. The normalized spacial score (nSPS) is 9.95. The first-order valence-electron chi connectivity index (χ1n) is 6.94. The molecule has 0 radical (unpaired) electrons. The topological polar surface area (TPSA) is 0 Å². The van der Waals surface area contributed by atoms with Crippen LogP contribution >= 0.6 is 35.5 Å². The Morgan fingerprint density at radius 3 is 1.05 bits per heavy atom. The Labute approximate surface area is 147 Å². The van der Waals surface area contributed by atoms with E-state index in [1.54, 1.807) is 0 Å². The van der Waals surface area contributed by atoms with Gasteiger partial charge in [0.1, 0.15) is 0 Å². The molecule has 0 heterocycles. The number of hydrogen-bond acceptors (Lipinski definition) is 0. The van der Waals surface area contributed by atoms with E-state index in [2.05, 4.69) is 107 Å². The molecule has 0 nitrogen and oxygen atoms in total. The summed E-state index contributed by atoms with van der Waals surface area (Å²) in [7, 11) is -0.446. The van der Waals surface area contributed by atoms with Gasteiger partial charge in [0.15, 0.2) is 0 Å². The fourth-order valence-corrected chi connectivity index (χ4v) is 4.48. The fraction of sp³-hybridized carbons (Fsp3) is 0.0526. The molecule has 0 saturated heterocycles. The van der Waals surface area contributed by atoms with E-state index >= 15 is 0 Å². The molecule has 0 fully saturated rings. The predicted molar refractivity (Wildman–Crippen MR) is 105 cm³/mol. The van der Waals surface area contributed by atoms with Gasteiger partial charge in [-0.25, -0.2) is 0 Å². The summed E-state index contributed by atoms with van der Waals surface area (Å²) in [5.74, 6) is 0. The molecule has 3 aromatic rings. The van der Waals surface area contributed by atoms with Gasteiger partial charge in [-0.15, -0.1) is 11.6 Å². The maximum absolute atomic E-state index is 4.92. The van der Waals surface area contributed by atoms with Crippen molar-refractivity contribution in [3.05, 3.63) is 91.0 Å². The van der Waals surface area contributed by atoms with Crippen molar-refractivity contribution in [2.24, 2.45) is 0 Å². The highest BCUT2D eigenvalue weighted by Gasteiger charge is 2.14. The molecule has 0 bridgehead atoms. The number of rotatable bonds is 3. The Kier molecular flexibility index (Phi) is 7.66. The molecule has 0 aliphatic carbocycles. The Morgan fingerprint density at radius 1 is 0.591 bits per heavy atom. The average Bonchev–Trinajstić information content (AvgIpc) is 2.59. The smallest absolute Gasteiger partial charge is 0.0778 e. The minimum atomic E-state index is -0.446. The number of hydrogen-bond donors (Lipinski definition) is 0. The minimum Gasteiger partial charge on any atom is -0.114 e. The van der Waals surface area contributed by atoms with E-state index in [0.29, 0.717) is 4.79 Å². The van der Waals surface area contributed by atoms with Crippen molar-refractivity contribution in [1.29, 1.82) is 0 Å². The van der Waals surface area contributed by atoms with Crippen molar-refractivity contribution in [3.8, 4) is 0 Å². The van der Waals surface area contributed by atoms with E-state index in [4.69, 9.17) is 11.6 Å². The lowest BCUT2D eigenvalue weighted by molar-refractivity contribution is 1.74. The van der Waals surface area contributed by atoms with E-state index in [1.165, 1.54) is 15.9 Å². The van der Waals surface area contributed by atoms with Gasteiger partial charge in [-0.1, -0.05) is 107 Å². The number of halogens is 2. The van der Waals surface area contributed by atoms with Crippen molar-refractivity contribution in [2.75, 3.05) is 4.79 Å². The molecule has 0 atom stereocenters. The van der Waals surface area contributed by atoms with Crippen LogP contribution in [-0.2, 0) is 0 Å². The highest BCUT2D eigenvalue weighted by Crippen LogP contribution is 2.32. The van der Waals surface area contributed by atoms with Gasteiger partial charge in [-0.05, 0) is 23.8 Å². The second-order valence-electron chi connectivity index (χ2n) is 4.44. The Hall–Kier alpha value is -1.14. The van der Waals surface area contributed by atoms with Crippen LogP contribution in [0.25, 0.3) is 0 Å². The van der Waals surface area contributed by atoms with Crippen LogP contribution in [0.15, 0.2) is 91.0 Å². The molecule has 0 saturated carbocycles. The summed E-state index contributed by atoms with van der Waals surface area (Å²) in [6, 6.07) is 32.3. The zero-order valence-electron chi connectivity index (χ0n) is 12.1. The average molecular weight is 392 g/mol. The van der Waals surface area contributed by atoms with Crippen LogP contribution in [0.3, 0.4) is 0 Å². The molecule has 3 aromatic carbocycles. The zero-order chi connectivity index (χ0) is 15.6. The lowest BCUT2D eigenvalue weighted by Crippen LogP contribution is -2.20. The van der Waals surface area contributed by atoms with Crippen molar-refractivity contribution in [1.82, 2.24) is 0 Å². The number of benzene rings is 3. The molecule has 112 valence electrons. The lowest BCUT2D eigenvalue weighted by Gasteiger charge is -2.18. The fourth-order valence-electron chi connectivity index (χ4n) is 2.18. The standard InChI is InChI=1S/C18H15P.CH2BrCl/c1-4-10-16(11-5-1)19(17-12-6-2-7-13-17)18-14-8-3-9-15-18;2-1-3/h1-15H;1H2. The van der Waals surface area contributed by atoms with Crippen LogP contribution < -0.4 is 15.9 Å². The van der Waals surface area contributed by atoms with E-state index in [1.807, 2.05) is 0 Å². The van der Waals surface area contributed by atoms with Gasteiger partial charge in [0.05, 0.1) is 4.79 Å². The summed E-state index contributed by atoms with van der Waals surface area (Å²) in [5, 5.41) is 4.19. The van der Waals surface area contributed by atoms with Crippen LogP contribution in [0.1, 0.15) is 0 Å². The molecule has 0 aliphatic heterocycles. The predicted octanol–water partition coefficient (Wildman–Crippen LogP) is 5.02. The van der Waals surface area contributed by atoms with E-state index in [0.717, 1.165) is 0 Å². The second kappa shape index (κ2) is 9.79. The third kappa shape index (κ3) is 4.95. The molecule has 0 unspecified atom stereocenters. The van der Waals surface area contributed by atoms with Crippen molar-refractivity contribution >= 4 is 51.4 Å². The monoisotopic (exact) mass is 390 g/mol. The molecule has 0 amide bonds. The lowest BCUT2D eigenvalue weighted by atomic mass is 10.4. The first-order valence-corrected chi connectivity index (χ1v) is 9.94. The molecular formula is C19H17BrClP. The molecule has 0 aromatic heterocycles. The van der Waals surface area contributed by atoms with Gasteiger partial charge in [-0.2, -0.15) is 0 Å². The second-order valence-corrected chi connectivity index (χ2v) is 8.14. The van der Waals surface area contributed by atoms with Gasteiger partial charge < -0.3 is 0 Å². The van der Waals surface area contributed by atoms with Gasteiger partial charge in [0.25, 0.3) is 0 Å². The van der Waals surface area contributed by atoms with Crippen molar-refractivity contribution < 1.29 is 0 Å². The van der Waals surface area contributed by atoms with Crippen molar-refractivity contribution in [3.63, 3.8) is 0 Å². The van der Waals surface area contributed by atoms with Crippen molar-refractivity contribution in [2.45, 2.75) is 0 Å². The highest BCUT2D eigenvalue weighted by molar-refractivity contribution is 9.09. The van der Waals surface area contributed by atoms with Gasteiger partial charge in [0.2, 0.25) is 0 Å². The molecule has 0 N–H and O–H groups in total. The summed E-state index contributed by atoms with van der Waals surface area (Å²) in [6.45, 7) is 0. The SMILES string of the molecule is ClCBr.c1ccc(P(c2ccccc2)c2ccccc2)cc1. The van der Waals surface area contributed by atoms with Crippen LogP contribution in [0.5, 0.6) is 0 Å². The molecule has 22 heavy (non-hydrogen) atoms. The Morgan fingerprint density at radius 2 is 0.818 bits per heavy atom.